The second kappa shape index (κ2) is 6.05. The highest BCUT2D eigenvalue weighted by Gasteiger charge is 2.09. The predicted molar refractivity (Wildman–Crippen MR) is 65.4 cm³/mol. The maximum atomic E-state index is 5.30. The summed E-state index contributed by atoms with van der Waals surface area (Å²) in [5.74, 6) is 2.16. The Labute approximate surface area is 96.6 Å². The number of benzene rings is 1. The fourth-order valence-corrected chi connectivity index (χ4v) is 1.43. The van der Waals surface area contributed by atoms with Crippen molar-refractivity contribution >= 4 is 6.08 Å². The molecule has 0 amide bonds. The highest BCUT2D eigenvalue weighted by Crippen LogP contribution is 2.35. The van der Waals surface area contributed by atoms with Crippen molar-refractivity contribution in [2.24, 2.45) is 0 Å². The van der Waals surface area contributed by atoms with Crippen molar-refractivity contribution in [1.29, 1.82) is 0 Å². The Kier molecular flexibility index (Phi) is 4.70. The lowest BCUT2D eigenvalue weighted by molar-refractivity contribution is 0.348. The molecule has 0 atom stereocenters. The van der Waals surface area contributed by atoms with Gasteiger partial charge in [-0.3, -0.25) is 0 Å². The quantitative estimate of drug-likeness (QED) is 0.766. The third-order valence-corrected chi connectivity index (χ3v) is 2.27. The van der Waals surface area contributed by atoms with Crippen molar-refractivity contribution in [3.63, 3.8) is 0 Å². The average Bonchev–Trinajstić information content (AvgIpc) is 2.35. The van der Waals surface area contributed by atoms with Gasteiger partial charge in [-0.2, -0.15) is 0 Å². The van der Waals surface area contributed by atoms with Crippen molar-refractivity contribution in [2.45, 2.75) is 13.3 Å². The second-order valence-corrected chi connectivity index (χ2v) is 3.26. The Hall–Kier alpha value is -1.64. The number of methoxy groups -OCH3 is 3. The van der Waals surface area contributed by atoms with Crippen LogP contribution in [-0.2, 0) is 0 Å². The minimum absolute atomic E-state index is 0.674. The van der Waals surface area contributed by atoms with E-state index in [1.165, 1.54) is 0 Å². The first-order valence-corrected chi connectivity index (χ1v) is 5.23. The third-order valence-electron chi connectivity index (χ3n) is 2.27. The smallest absolute Gasteiger partial charge is 0.164 e. The summed E-state index contributed by atoms with van der Waals surface area (Å²) in [5, 5.41) is 0. The van der Waals surface area contributed by atoms with Gasteiger partial charge in [0.25, 0.3) is 0 Å². The number of ether oxygens (including phenoxy) is 3. The van der Waals surface area contributed by atoms with Crippen LogP contribution in [0.2, 0.25) is 0 Å². The monoisotopic (exact) mass is 222 g/mol. The van der Waals surface area contributed by atoms with Crippen molar-refractivity contribution in [2.75, 3.05) is 21.3 Å². The van der Waals surface area contributed by atoms with E-state index in [0.29, 0.717) is 11.5 Å². The molecule has 0 N–H and O–H groups in total. The summed E-state index contributed by atoms with van der Waals surface area (Å²) < 4.78 is 15.7. The zero-order valence-corrected chi connectivity index (χ0v) is 10.2. The van der Waals surface area contributed by atoms with Gasteiger partial charge in [0, 0.05) is 11.6 Å². The van der Waals surface area contributed by atoms with Crippen LogP contribution in [0.3, 0.4) is 0 Å². The molecule has 3 heteroatoms. The lowest BCUT2D eigenvalue weighted by atomic mass is 10.1. The summed E-state index contributed by atoms with van der Waals surface area (Å²) in [6.07, 6.45) is 5.07. The molecule has 0 saturated heterocycles. The first-order valence-electron chi connectivity index (χ1n) is 5.23. The van der Waals surface area contributed by atoms with Crippen LogP contribution >= 0.6 is 0 Å². The van der Waals surface area contributed by atoms with Gasteiger partial charge in [-0.15, -0.1) is 0 Å². The molecule has 0 fully saturated rings. The highest BCUT2D eigenvalue weighted by atomic mass is 16.5. The van der Waals surface area contributed by atoms with E-state index >= 15 is 0 Å². The van der Waals surface area contributed by atoms with Gasteiger partial charge in [-0.05, 0) is 12.5 Å². The van der Waals surface area contributed by atoms with Gasteiger partial charge in [-0.25, -0.2) is 0 Å². The molecule has 0 aliphatic heterocycles. The van der Waals surface area contributed by atoms with Crippen LogP contribution in [0, 0.1) is 0 Å². The molecule has 0 bridgehead atoms. The fraction of sp³-hybridized carbons (Fsp3) is 0.385. The van der Waals surface area contributed by atoms with E-state index in [9.17, 15) is 0 Å². The van der Waals surface area contributed by atoms with E-state index in [1.54, 1.807) is 21.3 Å². The average molecular weight is 222 g/mol. The first kappa shape index (κ1) is 12.4. The van der Waals surface area contributed by atoms with E-state index in [1.807, 2.05) is 18.2 Å². The van der Waals surface area contributed by atoms with Crippen LogP contribution in [0.25, 0.3) is 6.08 Å². The normalized spacial score (nSPS) is 10.5. The Balaban J connectivity index is 3.20. The first-order chi connectivity index (χ1) is 7.76. The Morgan fingerprint density at radius 3 is 2.00 bits per heavy atom. The maximum absolute atomic E-state index is 5.30. The van der Waals surface area contributed by atoms with E-state index in [2.05, 4.69) is 13.0 Å². The van der Waals surface area contributed by atoms with Crippen LogP contribution < -0.4 is 14.2 Å². The second-order valence-electron chi connectivity index (χ2n) is 3.26. The van der Waals surface area contributed by atoms with Gasteiger partial charge in [0.15, 0.2) is 11.5 Å². The predicted octanol–water partition coefficient (Wildman–Crippen LogP) is 3.14. The maximum Gasteiger partial charge on any atom is 0.164 e. The molecule has 88 valence electrons. The van der Waals surface area contributed by atoms with Crippen LogP contribution in [0.1, 0.15) is 18.9 Å². The molecule has 1 aromatic rings. The van der Waals surface area contributed by atoms with Crippen molar-refractivity contribution in [1.82, 2.24) is 0 Å². The summed E-state index contributed by atoms with van der Waals surface area (Å²) in [5.41, 5.74) is 0.988. The molecule has 1 aromatic carbocycles. The third kappa shape index (κ3) is 2.69. The molecule has 0 aliphatic rings. The number of allylic oxidation sites excluding steroid dienone is 1. The molecule has 0 saturated carbocycles. The minimum atomic E-state index is 0.674. The summed E-state index contributed by atoms with van der Waals surface area (Å²) in [6.45, 7) is 2.09. The molecule has 0 heterocycles. The lowest BCUT2D eigenvalue weighted by Gasteiger charge is -2.12. The van der Waals surface area contributed by atoms with Gasteiger partial charge in [0.05, 0.1) is 21.3 Å². The molecule has 0 spiro atoms. The van der Waals surface area contributed by atoms with E-state index in [-0.39, 0.29) is 0 Å². The highest BCUT2D eigenvalue weighted by molar-refractivity contribution is 5.63. The Morgan fingerprint density at radius 2 is 1.50 bits per heavy atom. The molecule has 0 aromatic heterocycles. The Morgan fingerprint density at radius 1 is 0.938 bits per heavy atom. The van der Waals surface area contributed by atoms with Gasteiger partial charge >= 0.3 is 0 Å². The van der Waals surface area contributed by atoms with Crippen LogP contribution in [0.4, 0.5) is 0 Å². The van der Waals surface area contributed by atoms with Crippen molar-refractivity contribution < 1.29 is 14.2 Å². The molecule has 1 rings (SSSR count). The molecule has 0 aliphatic carbocycles. The van der Waals surface area contributed by atoms with Crippen LogP contribution in [0.15, 0.2) is 18.2 Å². The summed E-state index contributed by atoms with van der Waals surface area (Å²) in [7, 11) is 4.88. The Bertz CT molecular complexity index is 370. The molecule has 0 unspecified atom stereocenters. The van der Waals surface area contributed by atoms with Gasteiger partial charge < -0.3 is 14.2 Å². The zero-order valence-electron chi connectivity index (χ0n) is 10.2. The standard InChI is InChI=1S/C13H18O3/c1-5-6-7-10-8-12(15-3)13(16-4)9-11(10)14-2/h6-9H,5H2,1-4H3/b7-6+. The molecular weight excluding hydrogens is 204 g/mol. The summed E-state index contributed by atoms with van der Waals surface area (Å²) in [4.78, 5) is 0. The largest absolute Gasteiger partial charge is 0.496 e. The molecule has 3 nitrogen and oxygen atoms in total. The van der Waals surface area contributed by atoms with Crippen molar-refractivity contribution in [3.8, 4) is 17.2 Å². The summed E-state index contributed by atoms with van der Waals surface area (Å²) >= 11 is 0. The fourth-order valence-electron chi connectivity index (χ4n) is 1.43. The van der Waals surface area contributed by atoms with Gasteiger partial charge in [0.2, 0.25) is 0 Å². The van der Waals surface area contributed by atoms with E-state index in [0.717, 1.165) is 17.7 Å². The molecule has 16 heavy (non-hydrogen) atoms. The number of rotatable bonds is 5. The van der Waals surface area contributed by atoms with E-state index in [4.69, 9.17) is 14.2 Å². The minimum Gasteiger partial charge on any atom is -0.496 e. The van der Waals surface area contributed by atoms with Gasteiger partial charge in [-0.1, -0.05) is 19.1 Å². The topological polar surface area (TPSA) is 27.7 Å². The molecular formula is C13H18O3. The number of hydrogen-bond donors (Lipinski definition) is 0. The number of hydrogen-bond acceptors (Lipinski definition) is 3. The summed E-state index contributed by atoms with van der Waals surface area (Å²) in [6, 6.07) is 3.73. The van der Waals surface area contributed by atoms with E-state index < -0.39 is 0 Å². The lowest BCUT2D eigenvalue weighted by Crippen LogP contribution is -1.94. The molecule has 0 radical (unpaired) electrons. The van der Waals surface area contributed by atoms with Gasteiger partial charge in [0.1, 0.15) is 5.75 Å². The van der Waals surface area contributed by atoms with Crippen LogP contribution in [-0.4, -0.2) is 21.3 Å². The zero-order chi connectivity index (χ0) is 12.0. The SMILES string of the molecule is CC/C=C/c1cc(OC)c(OC)cc1OC. The van der Waals surface area contributed by atoms with Crippen LogP contribution in [0.5, 0.6) is 17.2 Å². The van der Waals surface area contributed by atoms with Crippen molar-refractivity contribution in [3.05, 3.63) is 23.8 Å².